The van der Waals surface area contributed by atoms with Gasteiger partial charge in [0.05, 0.1) is 0 Å². The van der Waals surface area contributed by atoms with E-state index in [0.717, 1.165) is 19.6 Å². The van der Waals surface area contributed by atoms with Crippen molar-refractivity contribution in [3.63, 3.8) is 0 Å². The van der Waals surface area contributed by atoms with E-state index >= 15 is 0 Å². The third-order valence-electron chi connectivity index (χ3n) is 2.52. The number of nitrogens with two attached hydrogens (primary N) is 1. The van der Waals surface area contributed by atoms with Crippen molar-refractivity contribution in [3.05, 3.63) is 0 Å². The molecule has 0 aliphatic carbocycles. The molecule has 0 radical (unpaired) electrons. The normalized spacial score (nSPS) is 31.8. The van der Waals surface area contributed by atoms with E-state index < -0.39 is 0 Å². The zero-order valence-corrected chi connectivity index (χ0v) is 6.11. The van der Waals surface area contributed by atoms with E-state index in [1.165, 1.54) is 12.8 Å². The monoisotopic (exact) mass is 144 g/mol. The van der Waals surface area contributed by atoms with Crippen LogP contribution >= 0.6 is 0 Å². The van der Waals surface area contributed by atoms with Gasteiger partial charge in [-0.05, 0) is 31.3 Å². The van der Waals surface area contributed by atoms with Crippen molar-refractivity contribution in [3.8, 4) is 0 Å². The molecule has 0 bridgehead atoms. The molecular formula is C8H20N2. The summed E-state index contributed by atoms with van der Waals surface area (Å²) in [6.45, 7) is 5.35. The van der Waals surface area contributed by atoms with Gasteiger partial charge in [0.15, 0.2) is 0 Å². The summed E-state index contributed by atoms with van der Waals surface area (Å²) in [5.74, 6) is 0. The Morgan fingerprint density at radius 3 is 2.50 bits per heavy atom. The van der Waals surface area contributed by atoms with Crippen LogP contribution in [0.4, 0.5) is 0 Å². The summed E-state index contributed by atoms with van der Waals surface area (Å²) < 4.78 is 0. The smallest absolute Gasteiger partial charge is 0.00203 e. The molecule has 1 aliphatic heterocycles. The predicted octanol–water partition coefficient (Wildman–Crippen LogP) is 0.971. The Morgan fingerprint density at radius 2 is 2.30 bits per heavy atom. The van der Waals surface area contributed by atoms with Gasteiger partial charge in [-0.2, -0.15) is 0 Å². The Hall–Kier alpha value is -0.0800. The van der Waals surface area contributed by atoms with E-state index in [9.17, 15) is 0 Å². The molecule has 2 nitrogen and oxygen atoms in total. The molecule has 1 saturated heterocycles. The molecule has 62 valence electrons. The van der Waals surface area contributed by atoms with Gasteiger partial charge in [0.25, 0.3) is 0 Å². The highest BCUT2D eigenvalue weighted by Gasteiger charge is 2.29. The minimum absolute atomic E-state index is 0. The first-order valence-corrected chi connectivity index (χ1v) is 3.74. The molecule has 0 aromatic heterocycles. The zero-order chi connectivity index (χ0) is 6.74. The summed E-state index contributed by atoms with van der Waals surface area (Å²) in [7, 11) is 0. The second kappa shape index (κ2) is 3.94. The molecule has 1 fully saturated rings. The van der Waals surface area contributed by atoms with E-state index in [0.29, 0.717) is 5.41 Å². The molecule has 0 aromatic carbocycles. The van der Waals surface area contributed by atoms with E-state index in [4.69, 9.17) is 5.73 Å². The van der Waals surface area contributed by atoms with Crippen LogP contribution in [0.2, 0.25) is 0 Å². The van der Waals surface area contributed by atoms with Crippen molar-refractivity contribution in [2.45, 2.75) is 27.2 Å². The van der Waals surface area contributed by atoms with Crippen LogP contribution in [0.25, 0.3) is 0 Å². The Labute approximate surface area is 64.2 Å². The standard InChI is InChI=1S/C7H16N2.CH4/c1-2-7(5-8)3-4-9-6-7;/h9H,2-6,8H2,1H3;1H4. The molecule has 3 N–H and O–H groups in total. The molecule has 1 heterocycles. The van der Waals surface area contributed by atoms with Gasteiger partial charge in [0, 0.05) is 6.54 Å². The second-order valence-corrected chi connectivity index (χ2v) is 2.98. The number of hydrogen-bond acceptors (Lipinski definition) is 2. The maximum Gasteiger partial charge on any atom is 0.00203 e. The van der Waals surface area contributed by atoms with Crippen molar-refractivity contribution < 1.29 is 0 Å². The maximum atomic E-state index is 5.64. The van der Waals surface area contributed by atoms with Gasteiger partial charge < -0.3 is 11.1 Å². The summed E-state index contributed by atoms with van der Waals surface area (Å²) in [4.78, 5) is 0. The number of hydrogen-bond donors (Lipinski definition) is 2. The average Bonchev–Trinajstić information content (AvgIpc) is 2.36. The van der Waals surface area contributed by atoms with Crippen molar-refractivity contribution >= 4 is 0 Å². The minimum Gasteiger partial charge on any atom is -0.330 e. The number of nitrogens with one attached hydrogen (secondary N) is 1. The molecule has 1 unspecified atom stereocenters. The largest absolute Gasteiger partial charge is 0.330 e. The van der Waals surface area contributed by atoms with E-state index in [-0.39, 0.29) is 7.43 Å². The van der Waals surface area contributed by atoms with Crippen LogP contribution in [-0.2, 0) is 0 Å². The fraction of sp³-hybridized carbons (Fsp3) is 1.00. The molecule has 0 amide bonds. The lowest BCUT2D eigenvalue weighted by Crippen LogP contribution is -2.31. The van der Waals surface area contributed by atoms with Crippen LogP contribution in [-0.4, -0.2) is 19.6 Å². The fourth-order valence-electron chi connectivity index (χ4n) is 1.42. The fourth-order valence-corrected chi connectivity index (χ4v) is 1.42. The van der Waals surface area contributed by atoms with Gasteiger partial charge in [0.1, 0.15) is 0 Å². The molecule has 0 spiro atoms. The maximum absolute atomic E-state index is 5.64. The summed E-state index contributed by atoms with van der Waals surface area (Å²) in [5, 5.41) is 3.34. The highest BCUT2D eigenvalue weighted by Crippen LogP contribution is 2.27. The second-order valence-electron chi connectivity index (χ2n) is 2.98. The first-order valence-electron chi connectivity index (χ1n) is 3.74. The van der Waals surface area contributed by atoms with Crippen LogP contribution in [0.5, 0.6) is 0 Å². The van der Waals surface area contributed by atoms with Crippen LogP contribution in [0.3, 0.4) is 0 Å². The van der Waals surface area contributed by atoms with Gasteiger partial charge in [-0.25, -0.2) is 0 Å². The SMILES string of the molecule is C.CCC1(CN)CCNC1. The Balaban J connectivity index is 0.000000810. The lowest BCUT2D eigenvalue weighted by Gasteiger charge is -2.23. The third kappa shape index (κ3) is 1.70. The van der Waals surface area contributed by atoms with Crippen molar-refractivity contribution in [2.75, 3.05) is 19.6 Å². The highest BCUT2D eigenvalue weighted by atomic mass is 14.9. The predicted molar refractivity (Wildman–Crippen MR) is 46.0 cm³/mol. The summed E-state index contributed by atoms with van der Waals surface area (Å²) in [5.41, 5.74) is 6.08. The van der Waals surface area contributed by atoms with Gasteiger partial charge >= 0.3 is 0 Å². The molecule has 0 saturated carbocycles. The first-order chi connectivity index (χ1) is 4.33. The Kier molecular flexibility index (Phi) is 3.91. The van der Waals surface area contributed by atoms with Crippen LogP contribution < -0.4 is 11.1 Å². The molecular weight excluding hydrogens is 124 g/mol. The topological polar surface area (TPSA) is 38.0 Å². The number of rotatable bonds is 2. The Morgan fingerprint density at radius 1 is 1.60 bits per heavy atom. The summed E-state index contributed by atoms with van der Waals surface area (Å²) in [6.07, 6.45) is 2.48. The molecule has 1 atom stereocenters. The van der Waals surface area contributed by atoms with Crippen LogP contribution in [0.1, 0.15) is 27.2 Å². The average molecular weight is 144 g/mol. The molecule has 0 aromatic rings. The van der Waals surface area contributed by atoms with Gasteiger partial charge in [-0.1, -0.05) is 14.4 Å². The Bertz CT molecular complexity index is 79.3. The first kappa shape index (κ1) is 9.92. The van der Waals surface area contributed by atoms with Gasteiger partial charge in [0.2, 0.25) is 0 Å². The lowest BCUT2D eigenvalue weighted by molar-refractivity contribution is 0.322. The van der Waals surface area contributed by atoms with Gasteiger partial charge in [-0.3, -0.25) is 0 Å². The summed E-state index contributed by atoms with van der Waals surface area (Å²) >= 11 is 0. The van der Waals surface area contributed by atoms with Gasteiger partial charge in [-0.15, -0.1) is 0 Å². The third-order valence-corrected chi connectivity index (χ3v) is 2.52. The molecule has 10 heavy (non-hydrogen) atoms. The summed E-state index contributed by atoms with van der Waals surface area (Å²) in [6, 6.07) is 0. The van der Waals surface area contributed by atoms with Crippen LogP contribution in [0, 0.1) is 5.41 Å². The van der Waals surface area contributed by atoms with E-state index in [1.807, 2.05) is 0 Å². The molecule has 1 aliphatic rings. The van der Waals surface area contributed by atoms with E-state index in [2.05, 4.69) is 12.2 Å². The van der Waals surface area contributed by atoms with Crippen molar-refractivity contribution in [1.29, 1.82) is 0 Å². The molecule has 2 heteroatoms. The van der Waals surface area contributed by atoms with Crippen molar-refractivity contribution in [2.24, 2.45) is 11.1 Å². The van der Waals surface area contributed by atoms with E-state index in [1.54, 1.807) is 0 Å². The zero-order valence-electron chi connectivity index (χ0n) is 6.11. The molecule has 1 rings (SSSR count). The quantitative estimate of drug-likeness (QED) is 0.606. The minimum atomic E-state index is 0. The lowest BCUT2D eigenvalue weighted by atomic mass is 9.85. The van der Waals surface area contributed by atoms with Crippen molar-refractivity contribution in [1.82, 2.24) is 5.32 Å². The van der Waals surface area contributed by atoms with Crippen LogP contribution in [0.15, 0.2) is 0 Å². The highest BCUT2D eigenvalue weighted by molar-refractivity contribution is 4.87.